The maximum atomic E-state index is 12.9. The molecule has 1 amide bonds. The third-order valence-electron chi connectivity index (χ3n) is 4.98. The van der Waals surface area contributed by atoms with E-state index in [0.29, 0.717) is 46.6 Å². The van der Waals surface area contributed by atoms with Crippen molar-refractivity contribution in [2.45, 2.75) is 23.5 Å². The summed E-state index contributed by atoms with van der Waals surface area (Å²) in [5.74, 6) is 0.0394. The van der Waals surface area contributed by atoms with Gasteiger partial charge in [0.05, 0.1) is 11.7 Å². The second-order valence-electron chi connectivity index (χ2n) is 7.28. The normalized spacial score (nSPS) is 17.5. The van der Waals surface area contributed by atoms with Gasteiger partial charge in [0.25, 0.3) is 0 Å². The Morgan fingerprint density at radius 3 is 2.52 bits per heavy atom. The number of thioether (sulfide) groups is 1. The van der Waals surface area contributed by atoms with Gasteiger partial charge < -0.3 is 5.32 Å². The van der Waals surface area contributed by atoms with Gasteiger partial charge in [0.15, 0.2) is 0 Å². The third-order valence-corrected chi connectivity index (χ3v) is 8.63. The molecule has 3 rings (SSSR count). The first-order chi connectivity index (χ1) is 14.7. The molecular formula is C21H23Cl3N2O3S2. The smallest absolute Gasteiger partial charge is 0.224 e. The second kappa shape index (κ2) is 11.3. The lowest BCUT2D eigenvalue weighted by molar-refractivity contribution is -0.125. The van der Waals surface area contributed by atoms with Gasteiger partial charge in [-0.05, 0) is 54.8 Å². The molecule has 5 nitrogen and oxygen atoms in total. The number of benzene rings is 2. The molecule has 10 heteroatoms. The molecule has 1 aliphatic rings. The highest BCUT2D eigenvalue weighted by atomic mass is 35.5. The van der Waals surface area contributed by atoms with Crippen molar-refractivity contribution >= 4 is 62.5 Å². The average Bonchev–Trinajstić information content (AvgIpc) is 2.74. The molecule has 0 spiro atoms. The molecule has 0 saturated carbocycles. The molecule has 1 aliphatic heterocycles. The molecule has 2 aromatic carbocycles. The second-order valence-corrected chi connectivity index (χ2v) is 11.7. The average molecular weight is 522 g/mol. The molecule has 0 radical (unpaired) electrons. The lowest BCUT2D eigenvalue weighted by Crippen LogP contribution is -2.46. The van der Waals surface area contributed by atoms with Crippen molar-refractivity contribution in [3.05, 3.63) is 63.1 Å². The van der Waals surface area contributed by atoms with E-state index < -0.39 is 10.0 Å². The number of halogens is 3. The van der Waals surface area contributed by atoms with Crippen molar-refractivity contribution in [1.29, 1.82) is 0 Å². The summed E-state index contributed by atoms with van der Waals surface area (Å²) in [4.78, 5) is 13.7. The van der Waals surface area contributed by atoms with Crippen molar-refractivity contribution in [2.75, 3.05) is 25.4 Å². The van der Waals surface area contributed by atoms with Crippen LogP contribution < -0.4 is 5.32 Å². The molecule has 0 aliphatic carbocycles. The van der Waals surface area contributed by atoms with Crippen LogP contribution in [0.15, 0.2) is 47.4 Å². The predicted octanol–water partition coefficient (Wildman–Crippen LogP) is 5.10. The molecule has 31 heavy (non-hydrogen) atoms. The quantitative estimate of drug-likeness (QED) is 0.388. The van der Waals surface area contributed by atoms with Crippen LogP contribution >= 0.6 is 46.6 Å². The van der Waals surface area contributed by atoms with E-state index in [4.69, 9.17) is 34.8 Å². The van der Waals surface area contributed by atoms with Crippen molar-refractivity contribution in [3.8, 4) is 0 Å². The van der Waals surface area contributed by atoms with Crippen molar-refractivity contribution in [1.82, 2.24) is 9.62 Å². The van der Waals surface area contributed by atoms with Gasteiger partial charge in [-0.1, -0.05) is 40.9 Å². The zero-order valence-electron chi connectivity index (χ0n) is 16.7. The zero-order chi connectivity index (χ0) is 22.4. The maximum absolute atomic E-state index is 12.9. The minimum absolute atomic E-state index is 0.110. The zero-order valence-corrected chi connectivity index (χ0v) is 20.6. The fourth-order valence-electron chi connectivity index (χ4n) is 3.35. The molecule has 1 N–H and O–H groups in total. The van der Waals surface area contributed by atoms with E-state index in [0.717, 1.165) is 10.6 Å². The fraction of sp³-hybridized carbons (Fsp3) is 0.381. The first-order valence-electron chi connectivity index (χ1n) is 9.82. The Labute approximate surface area is 202 Å². The highest BCUT2D eigenvalue weighted by Gasteiger charge is 2.32. The summed E-state index contributed by atoms with van der Waals surface area (Å²) >= 11 is 19.5. The summed E-state index contributed by atoms with van der Waals surface area (Å²) in [6.45, 7) is 1.10. The number of nitrogens with one attached hydrogen (secondary N) is 1. The van der Waals surface area contributed by atoms with Gasteiger partial charge in [0.1, 0.15) is 0 Å². The van der Waals surface area contributed by atoms with Crippen LogP contribution in [0.2, 0.25) is 15.1 Å². The molecule has 0 unspecified atom stereocenters. The Bertz CT molecular complexity index is 1020. The molecule has 2 aromatic rings. The molecule has 1 fully saturated rings. The monoisotopic (exact) mass is 520 g/mol. The van der Waals surface area contributed by atoms with E-state index in [1.165, 1.54) is 10.4 Å². The Kier molecular flexibility index (Phi) is 8.96. The van der Waals surface area contributed by atoms with Crippen LogP contribution in [0.3, 0.4) is 0 Å². The van der Waals surface area contributed by atoms with Gasteiger partial charge >= 0.3 is 0 Å². The number of hydrogen-bond acceptors (Lipinski definition) is 4. The number of carbonyl (C=O) groups excluding carboxylic acids is 1. The molecule has 0 aromatic heterocycles. The van der Waals surface area contributed by atoms with Gasteiger partial charge in [-0.25, -0.2) is 12.7 Å². The minimum Gasteiger partial charge on any atom is -0.355 e. The van der Waals surface area contributed by atoms with Gasteiger partial charge in [-0.2, -0.15) is 0 Å². The summed E-state index contributed by atoms with van der Waals surface area (Å²) in [6.07, 6.45) is 1.31. The van der Waals surface area contributed by atoms with Crippen LogP contribution in [0, 0.1) is 5.92 Å². The van der Waals surface area contributed by atoms with E-state index in [1.807, 2.05) is 24.3 Å². The number of nitrogens with zero attached hydrogens (tertiary/aromatic N) is 1. The summed E-state index contributed by atoms with van der Waals surface area (Å²) in [6, 6.07) is 12.3. The van der Waals surface area contributed by atoms with Gasteiger partial charge in [0.2, 0.25) is 15.9 Å². The standard InChI is InChI=1S/C21H23Cl3N2O3S2/c22-17-5-7-19(8-6-17)30-11-9-25-21(27)15-2-1-10-26(13-15)31(28,29)14-16-3-4-18(23)12-20(16)24/h3-8,12,15H,1-2,9-11,13-14H2,(H,25,27)/t15-/m0/s1. The summed E-state index contributed by atoms with van der Waals surface area (Å²) in [5, 5.41) is 4.39. The van der Waals surface area contributed by atoms with Crippen LogP contribution in [-0.4, -0.2) is 44.0 Å². The minimum atomic E-state index is -3.59. The van der Waals surface area contributed by atoms with Gasteiger partial charge in [0, 0.05) is 45.4 Å². The van der Waals surface area contributed by atoms with Crippen molar-refractivity contribution in [2.24, 2.45) is 5.92 Å². The van der Waals surface area contributed by atoms with Crippen LogP contribution in [0.25, 0.3) is 0 Å². The van der Waals surface area contributed by atoms with Crippen LogP contribution in [0.1, 0.15) is 18.4 Å². The van der Waals surface area contributed by atoms with Gasteiger partial charge in [-0.3, -0.25) is 4.79 Å². The Hall–Kier alpha value is -0.960. The van der Waals surface area contributed by atoms with Crippen molar-refractivity contribution < 1.29 is 13.2 Å². The number of hydrogen-bond donors (Lipinski definition) is 1. The molecule has 1 saturated heterocycles. The summed E-state index contributed by atoms with van der Waals surface area (Å²) in [5.41, 5.74) is 0.497. The van der Waals surface area contributed by atoms with E-state index in [2.05, 4.69) is 5.32 Å². The molecule has 0 bridgehead atoms. The van der Waals surface area contributed by atoms with E-state index in [9.17, 15) is 13.2 Å². The lowest BCUT2D eigenvalue weighted by atomic mass is 9.99. The van der Waals surface area contributed by atoms with E-state index >= 15 is 0 Å². The lowest BCUT2D eigenvalue weighted by Gasteiger charge is -2.31. The molecular weight excluding hydrogens is 499 g/mol. The molecule has 1 atom stereocenters. The Morgan fingerprint density at radius 2 is 1.81 bits per heavy atom. The number of amides is 1. The molecule has 168 valence electrons. The Balaban J connectivity index is 1.50. The molecule has 1 heterocycles. The highest BCUT2D eigenvalue weighted by Crippen LogP contribution is 2.26. The fourth-order valence-corrected chi connectivity index (χ4v) is 6.44. The first kappa shape index (κ1) is 24.7. The van der Waals surface area contributed by atoms with Gasteiger partial charge in [-0.15, -0.1) is 11.8 Å². The van der Waals surface area contributed by atoms with Crippen molar-refractivity contribution in [3.63, 3.8) is 0 Å². The largest absolute Gasteiger partial charge is 0.355 e. The maximum Gasteiger partial charge on any atom is 0.224 e. The topological polar surface area (TPSA) is 66.5 Å². The summed E-state index contributed by atoms with van der Waals surface area (Å²) < 4.78 is 27.2. The SMILES string of the molecule is O=C(NCCSc1ccc(Cl)cc1)[C@H]1CCCN(S(=O)(=O)Cc2ccc(Cl)cc2Cl)C1. The predicted molar refractivity (Wildman–Crippen MR) is 129 cm³/mol. The highest BCUT2D eigenvalue weighted by molar-refractivity contribution is 7.99. The van der Waals surface area contributed by atoms with E-state index in [-0.39, 0.29) is 24.1 Å². The number of piperidine rings is 1. The van der Waals surface area contributed by atoms with Crippen LogP contribution in [-0.2, 0) is 20.6 Å². The summed E-state index contributed by atoms with van der Waals surface area (Å²) in [7, 11) is -3.59. The number of rotatable bonds is 8. The first-order valence-corrected chi connectivity index (χ1v) is 13.6. The third kappa shape index (κ3) is 7.27. The number of sulfonamides is 1. The Morgan fingerprint density at radius 1 is 1.10 bits per heavy atom. The van der Waals surface area contributed by atoms with Crippen LogP contribution in [0.4, 0.5) is 0 Å². The van der Waals surface area contributed by atoms with E-state index in [1.54, 1.807) is 23.9 Å². The van der Waals surface area contributed by atoms with Crippen LogP contribution in [0.5, 0.6) is 0 Å². The number of carbonyl (C=O) groups is 1.